The Morgan fingerprint density at radius 3 is 2.57 bits per heavy atom. The number of halogens is 2. The first-order valence-corrected chi connectivity index (χ1v) is 7.19. The summed E-state index contributed by atoms with van der Waals surface area (Å²) >= 11 is 1.66. The van der Waals surface area contributed by atoms with Gasteiger partial charge >= 0.3 is 0 Å². The molecule has 0 saturated carbocycles. The van der Waals surface area contributed by atoms with Gasteiger partial charge in [0.25, 0.3) is 11.8 Å². The third-order valence-electron chi connectivity index (χ3n) is 3.50. The fourth-order valence-corrected chi connectivity index (χ4v) is 3.19. The second kappa shape index (κ2) is 4.86. The molecular weight excluding hydrogens is 394 g/mol. The summed E-state index contributed by atoms with van der Waals surface area (Å²) in [5.41, 5.74) is 0.0563. The molecule has 1 atom stereocenters. The zero-order chi connectivity index (χ0) is 15.3. The number of carbonyl (C=O) groups is 4. The van der Waals surface area contributed by atoms with Gasteiger partial charge in [-0.25, -0.2) is 4.39 Å². The number of rotatable bonds is 1. The fraction of sp³-hybridized carbons (Fsp3) is 0.231. The van der Waals surface area contributed by atoms with Crippen molar-refractivity contribution in [1.29, 1.82) is 0 Å². The minimum Gasteiger partial charge on any atom is -0.295 e. The van der Waals surface area contributed by atoms with E-state index >= 15 is 0 Å². The van der Waals surface area contributed by atoms with E-state index in [4.69, 9.17) is 0 Å². The van der Waals surface area contributed by atoms with Crippen molar-refractivity contribution in [3.63, 3.8) is 0 Å². The molecule has 108 valence electrons. The van der Waals surface area contributed by atoms with Crippen molar-refractivity contribution < 1.29 is 23.6 Å². The molecule has 0 radical (unpaired) electrons. The highest BCUT2D eigenvalue weighted by atomic mass is 127. The summed E-state index contributed by atoms with van der Waals surface area (Å²) in [5, 5.41) is 2.10. The van der Waals surface area contributed by atoms with Crippen molar-refractivity contribution in [2.75, 3.05) is 0 Å². The highest BCUT2D eigenvalue weighted by Gasteiger charge is 2.45. The zero-order valence-corrected chi connectivity index (χ0v) is 12.6. The Hall–Kier alpha value is -1.84. The Bertz CT molecular complexity index is 718. The molecule has 0 bridgehead atoms. The van der Waals surface area contributed by atoms with Crippen molar-refractivity contribution in [1.82, 2.24) is 10.2 Å². The molecule has 4 amide bonds. The summed E-state index contributed by atoms with van der Waals surface area (Å²) < 4.78 is 13.6. The van der Waals surface area contributed by atoms with Gasteiger partial charge in [0, 0.05) is 6.42 Å². The molecule has 0 aliphatic carbocycles. The van der Waals surface area contributed by atoms with Crippen LogP contribution < -0.4 is 5.32 Å². The average Bonchev–Trinajstić information content (AvgIpc) is 2.67. The average molecular weight is 402 g/mol. The van der Waals surface area contributed by atoms with Crippen molar-refractivity contribution in [2.45, 2.75) is 18.9 Å². The van der Waals surface area contributed by atoms with Crippen LogP contribution in [0, 0.1) is 9.39 Å². The van der Waals surface area contributed by atoms with Crippen LogP contribution in [-0.4, -0.2) is 34.6 Å². The summed E-state index contributed by atoms with van der Waals surface area (Å²) in [4.78, 5) is 48.5. The zero-order valence-electron chi connectivity index (χ0n) is 10.5. The van der Waals surface area contributed by atoms with E-state index in [1.54, 1.807) is 22.6 Å². The number of piperidine rings is 1. The van der Waals surface area contributed by atoms with E-state index in [-0.39, 0.29) is 27.5 Å². The monoisotopic (exact) mass is 402 g/mol. The van der Waals surface area contributed by atoms with E-state index in [2.05, 4.69) is 5.32 Å². The third-order valence-corrected chi connectivity index (χ3v) is 4.55. The smallest absolute Gasteiger partial charge is 0.263 e. The van der Waals surface area contributed by atoms with Crippen LogP contribution in [0.3, 0.4) is 0 Å². The summed E-state index contributed by atoms with van der Waals surface area (Å²) in [6, 6.07) is 1.31. The second-order valence-electron chi connectivity index (χ2n) is 4.73. The van der Waals surface area contributed by atoms with Gasteiger partial charge in [-0.15, -0.1) is 0 Å². The number of hydrogen-bond acceptors (Lipinski definition) is 4. The fourth-order valence-electron chi connectivity index (χ4n) is 2.49. The predicted molar refractivity (Wildman–Crippen MR) is 75.8 cm³/mol. The van der Waals surface area contributed by atoms with E-state index in [0.29, 0.717) is 0 Å². The third kappa shape index (κ3) is 2.04. The Morgan fingerprint density at radius 1 is 1.19 bits per heavy atom. The maximum absolute atomic E-state index is 13.6. The molecule has 1 unspecified atom stereocenters. The molecule has 21 heavy (non-hydrogen) atoms. The van der Waals surface area contributed by atoms with Gasteiger partial charge in [0.05, 0.1) is 14.7 Å². The van der Waals surface area contributed by atoms with Crippen molar-refractivity contribution >= 4 is 46.2 Å². The van der Waals surface area contributed by atoms with Crippen LogP contribution >= 0.6 is 22.6 Å². The molecular formula is C13H8FIN2O4. The van der Waals surface area contributed by atoms with E-state index < -0.39 is 35.5 Å². The Balaban J connectivity index is 2.02. The summed E-state index contributed by atoms with van der Waals surface area (Å²) in [5.74, 6) is -3.05. The van der Waals surface area contributed by atoms with Crippen LogP contribution in [0.25, 0.3) is 0 Å². The van der Waals surface area contributed by atoms with Gasteiger partial charge in [-0.05, 0) is 41.1 Å². The van der Waals surface area contributed by atoms with Gasteiger partial charge in [0.1, 0.15) is 11.9 Å². The van der Waals surface area contributed by atoms with Crippen molar-refractivity contribution in [3.05, 3.63) is 32.6 Å². The van der Waals surface area contributed by atoms with Crippen LogP contribution in [0.2, 0.25) is 0 Å². The van der Waals surface area contributed by atoms with Crippen LogP contribution in [0.1, 0.15) is 33.6 Å². The minimum absolute atomic E-state index is 0.0229. The first-order valence-electron chi connectivity index (χ1n) is 6.11. The van der Waals surface area contributed by atoms with Crippen LogP contribution in [0.5, 0.6) is 0 Å². The Labute approximate surface area is 131 Å². The quantitative estimate of drug-likeness (QED) is 0.558. The number of imide groups is 2. The van der Waals surface area contributed by atoms with Gasteiger partial charge in [-0.1, -0.05) is 0 Å². The standard InChI is InChI=1S/C13H8FIN2O4/c14-6-2-1-5-9(10(6)15)13(21)17(12(5)20)7-3-4-8(18)16-11(7)19/h1-2,7H,3-4H2,(H,16,18,19). The van der Waals surface area contributed by atoms with E-state index in [9.17, 15) is 23.6 Å². The minimum atomic E-state index is -1.03. The SMILES string of the molecule is O=C1CCC(N2C(=O)c3ccc(F)c(I)c3C2=O)C(=O)N1. The molecule has 0 aromatic heterocycles. The highest BCUT2D eigenvalue weighted by molar-refractivity contribution is 14.1. The molecule has 2 aliphatic rings. The van der Waals surface area contributed by atoms with E-state index in [0.717, 1.165) is 11.0 Å². The summed E-state index contributed by atoms with van der Waals surface area (Å²) in [6.45, 7) is 0. The maximum Gasteiger partial charge on any atom is 0.263 e. The van der Waals surface area contributed by atoms with Crippen molar-refractivity contribution in [3.8, 4) is 0 Å². The highest BCUT2D eigenvalue weighted by Crippen LogP contribution is 2.31. The summed E-state index contributed by atoms with van der Waals surface area (Å²) in [7, 11) is 0. The molecule has 1 N–H and O–H groups in total. The molecule has 1 fully saturated rings. The van der Waals surface area contributed by atoms with Crippen LogP contribution in [0.4, 0.5) is 4.39 Å². The molecule has 2 heterocycles. The van der Waals surface area contributed by atoms with Crippen LogP contribution in [0.15, 0.2) is 12.1 Å². The number of nitrogens with zero attached hydrogens (tertiary/aromatic N) is 1. The number of carbonyl (C=O) groups excluding carboxylic acids is 4. The van der Waals surface area contributed by atoms with Crippen LogP contribution in [-0.2, 0) is 9.59 Å². The first-order chi connectivity index (χ1) is 9.91. The van der Waals surface area contributed by atoms with E-state index in [1.165, 1.54) is 6.07 Å². The lowest BCUT2D eigenvalue weighted by Gasteiger charge is -2.27. The largest absolute Gasteiger partial charge is 0.295 e. The number of fused-ring (bicyclic) bond motifs is 1. The number of benzene rings is 1. The molecule has 1 saturated heterocycles. The first kappa shape index (κ1) is 14.1. The molecule has 0 spiro atoms. The van der Waals surface area contributed by atoms with Crippen molar-refractivity contribution in [2.24, 2.45) is 0 Å². The van der Waals surface area contributed by atoms with Gasteiger partial charge in [0.15, 0.2) is 0 Å². The maximum atomic E-state index is 13.6. The number of nitrogens with one attached hydrogen (secondary N) is 1. The Morgan fingerprint density at radius 2 is 1.90 bits per heavy atom. The lowest BCUT2D eigenvalue weighted by molar-refractivity contribution is -0.136. The second-order valence-corrected chi connectivity index (χ2v) is 5.81. The molecule has 8 heteroatoms. The topological polar surface area (TPSA) is 83.6 Å². The van der Waals surface area contributed by atoms with E-state index in [1.807, 2.05) is 0 Å². The van der Waals surface area contributed by atoms with Gasteiger partial charge in [-0.2, -0.15) is 0 Å². The van der Waals surface area contributed by atoms with Gasteiger partial charge < -0.3 is 0 Å². The number of amides is 4. The molecule has 1 aromatic carbocycles. The van der Waals surface area contributed by atoms with Gasteiger partial charge in [-0.3, -0.25) is 29.4 Å². The number of hydrogen-bond donors (Lipinski definition) is 1. The molecule has 3 rings (SSSR count). The lowest BCUT2D eigenvalue weighted by Crippen LogP contribution is -2.54. The molecule has 1 aromatic rings. The summed E-state index contributed by atoms with van der Waals surface area (Å²) in [6.07, 6.45) is 0.129. The molecule has 6 nitrogen and oxygen atoms in total. The molecule has 2 aliphatic heterocycles. The lowest BCUT2D eigenvalue weighted by atomic mass is 10.0. The predicted octanol–water partition coefficient (Wildman–Crippen LogP) is 0.832. The normalized spacial score (nSPS) is 21.6. The Kier molecular flexibility index (Phi) is 3.27. The van der Waals surface area contributed by atoms with Gasteiger partial charge in [0.2, 0.25) is 11.8 Å².